The first-order valence-electron chi connectivity index (χ1n) is 11.8. The number of benzene rings is 2. The normalized spacial score (nSPS) is 15.9. The van der Waals surface area contributed by atoms with Crippen molar-refractivity contribution in [2.24, 2.45) is 7.05 Å². The standard InChI is InChI=1S/C27H28N4O5/c1-29-14-6-8-17(29)16-28-22(32)11-7-15-30-25-19-12-13-21(35-2)24(36-3)23(19)27(34)31(25)20-10-5-4-9-18(20)26(30)33/h4-6,8-10,12-14,25H,7,11,15-16H2,1-3H3,(H,28,32). The number of anilines is 1. The minimum Gasteiger partial charge on any atom is -0.493 e. The minimum atomic E-state index is -0.624. The monoisotopic (exact) mass is 488 g/mol. The van der Waals surface area contributed by atoms with Crippen LogP contribution in [0.25, 0.3) is 0 Å². The van der Waals surface area contributed by atoms with E-state index in [0.717, 1.165) is 5.69 Å². The van der Waals surface area contributed by atoms with Crippen molar-refractivity contribution in [2.45, 2.75) is 25.6 Å². The van der Waals surface area contributed by atoms with Gasteiger partial charge in [-0.05, 0) is 36.8 Å². The molecule has 0 radical (unpaired) electrons. The van der Waals surface area contributed by atoms with E-state index in [1.165, 1.54) is 14.2 Å². The van der Waals surface area contributed by atoms with Crippen LogP contribution in [0, 0.1) is 0 Å². The van der Waals surface area contributed by atoms with Crippen molar-refractivity contribution in [1.29, 1.82) is 0 Å². The summed E-state index contributed by atoms with van der Waals surface area (Å²) in [5.74, 6) is 0.277. The Morgan fingerprint density at radius 1 is 1.00 bits per heavy atom. The quantitative estimate of drug-likeness (QED) is 0.526. The lowest BCUT2D eigenvalue weighted by Gasteiger charge is -2.41. The van der Waals surface area contributed by atoms with Crippen LogP contribution < -0.4 is 19.7 Å². The highest BCUT2D eigenvalue weighted by Gasteiger charge is 2.49. The fourth-order valence-electron chi connectivity index (χ4n) is 5.02. The minimum absolute atomic E-state index is 0.0905. The summed E-state index contributed by atoms with van der Waals surface area (Å²) < 4.78 is 12.9. The van der Waals surface area contributed by atoms with Crippen LogP contribution in [-0.4, -0.2) is 48.0 Å². The zero-order valence-corrected chi connectivity index (χ0v) is 20.5. The van der Waals surface area contributed by atoms with Crippen molar-refractivity contribution in [1.82, 2.24) is 14.8 Å². The SMILES string of the molecule is COc1ccc2c(c1OC)C(=O)N1c3ccccc3C(=O)N(CCCC(=O)NCc3cccn3C)C21. The Balaban J connectivity index is 1.40. The molecule has 0 fully saturated rings. The number of aryl methyl sites for hydroxylation is 1. The van der Waals surface area contributed by atoms with Crippen molar-refractivity contribution in [3.8, 4) is 11.5 Å². The molecule has 3 aromatic rings. The number of nitrogens with zero attached hydrogens (tertiary/aromatic N) is 3. The van der Waals surface area contributed by atoms with E-state index < -0.39 is 6.17 Å². The topological polar surface area (TPSA) is 93.1 Å². The number of carbonyl (C=O) groups is 3. The van der Waals surface area contributed by atoms with Crippen LogP contribution in [-0.2, 0) is 18.4 Å². The molecule has 3 amide bonds. The summed E-state index contributed by atoms with van der Waals surface area (Å²) in [5.41, 5.74) is 3.08. The number of aromatic nitrogens is 1. The fourth-order valence-corrected chi connectivity index (χ4v) is 5.02. The van der Waals surface area contributed by atoms with Gasteiger partial charge >= 0.3 is 0 Å². The van der Waals surface area contributed by atoms with Gasteiger partial charge in [0.1, 0.15) is 6.17 Å². The van der Waals surface area contributed by atoms with Crippen LogP contribution in [0.1, 0.15) is 51.0 Å². The number of carbonyl (C=O) groups excluding carboxylic acids is 3. The molecule has 1 aromatic heterocycles. The Labute approximate surface area is 209 Å². The van der Waals surface area contributed by atoms with Crippen LogP contribution in [0.3, 0.4) is 0 Å². The van der Waals surface area contributed by atoms with Gasteiger partial charge in [-0.2, -0.15) is 0 Å². The number of fused-ring (bicyclic) bond motifs is 5. The molecule has 2 aliphatic heterocycles. The number of amides is 3. The molecule has 0 aliphatic carbocycles. The van der Waals surface area contributed by atoms with Gasteiger partial charge in [0.05, 0.1) is 37.6 Å². The number of nitrogens with one attached hydrogen (secondary N) is 1. The average molecular weight is 489 g/mol. The first-order chi connectivity index (χ1) is 17.5. The highest BCUT2D eigenvalue weighted by atomic mass is 16.5. The molecule has 2 aromatic carbocycles. The maximum absolute atomic E-state index is 13.7. The van der Waals surface area contributed by atoms with Crippen LogP contribution >= 0.6 is 0 Å². The van der Waals surface area contributed by atoms with Crippen molar-refractivity contribution in [2.75, 3.05) is 25.7 Å². The summed E-state index contributed by atoms with van der Waals surface area (Å²) in [6, 6.07) is 14.5. The molecule has 2 aliphatic rings. The lowest BCUT2D eigenvalue weighted by molar-refractivity contribution is -0.121. The molecule has 9 nitrogen and oxygen atoms in total. The molecular weight excluding hydrogens is 460 g/mol. The van der Waals surface area contributed by atoms with Gasteiger partial charge in [-0.3, -0.25) is 19.3 Å². The van der Waals surface area contributed by atoms with Crippen LogP contribution in [0.4, 0.5) is 5.69 Å². The molecule has 0 saturated carbocycles. The Morgan fingerprint density at radius 3 is 2.53 bits per heavy atom. The largest absolute Gasteiger partial charge is 0.493 e. The molecule has 186 valence electrons. The number of hydrogen-bond donors (Lipinski definition) is 1. The van der Waals surface area contributed by atoms with Gasteiger partial charge in [-0.15, -0.1) is 0 Å². The molecule has 1 unspecified atom stereocenters. The van der Waals surface area contributed by atoms with E-state index in [-0.39, 0.29) is 24.1 Å². The highest BCUT2D eigenvalue weighted by Crippen LogP contribution is 2.49. The van der Waals surface area contributed by atoms with E-state index in [1.807, 2.05) is 36.0 Å². The predicted octanol–water partition coefficient (Wildman–Crippen LogP) is 3.25. The second kappa shape index (κ2) is 9.41. The van der Waals surface area contributed by atoms with Crippen LogP contribution in [0.5, 0.6) is 11.5 Å². The summed E-state index contributed by atoms with van der Waals surface area (Å²) in [6.07, 6.45) is 2.02. The Hall–Kier alpha value is -4.27. The molecular formula is C27H28N4O5. The second-order valence-electron chi connectivity index (χ2n) is 8.82. The van der Waals surface area contributed by atoms with Gasteiger partial charge in [-0.25, -0.2) is 0 Å². The van der Waals surface area contributed by atoms with Gasteiger partial charge < -0.3 is 24.3 Å². The highest BCUT2D eigenvalue weighted by molar-refractivity contribution is 6.18. The van der Waals surface area contributed by atoms with E-state index in [1.54, 1.807) is 40.1 Å². The smallest absolute Gasteiger partial charge is 0.264 e. The summed E-state index contributed by atoms with van der Waals surface area (Å²) in [4.78, 5) is 43.1. The number of ether oxygens (including phenoxy) is 2. The maximum atomic E-state index is 13.7. The van der Waals surface area contributed by atoms with Gasteiger partial charge in [-0.1, -0.05) is 18.2 Å². The molecule has 36 heavy (non-hydrogen) atoms. The third kappa shape index (κ3) is 3.77. The number of hydrogen-bond acceptors (Lipinski definition) is 5. The number of rotatable bonds is 8. The van der Waals surface area contributed by atoms with Gasteiger partial charge in [0, 0.05) is 37.5 Å². The van der Waals surface area contributed by atoms with E-state index in [4.69, 9.17) is 9.47 Å². The molecule has 1 N–H and O–H groups in total. The molecule has 5 rings (SSSR count). The third-order valence-electron chi connectivity index (χ3n) is 6.80. The first-order valence-corrected chi connectivity index (χ1v) is 11.8. The van der Waals surface area contributed by atoms with Crippen molar-refractivity contribution in [3.63, 3.8) is 0 Å². The Kier molecular flexibility index (Phi) is 6.13. The summed E-state index contributed by atoms with van der Waals surface area (Å²) in [6.45, 7) is 0.755. The lowest BCUT2D eigenvalue weighted by Crippen LogP contribution is -2.48. The lowest BCUT2D eigenvalue weighted by atomic mass is 10.0. The zero-order chi connectivity index (χ0) is 25.4. The van der Waals surface area contributed by atoms with Gasteiger partial charge in [0.15, 0.2) is 11.5 Å². The molecule has 9 heteroatoms. The summed E-state index contributed by atoms with van der Waals surface area (Å²) in [5, 5.41) is 2.93. The fraction of sp³-hybridized carbons (Fsp3) is 0.296. The third-order valence-corrected chi connectivity index (χ3v) is 6.80. The predicted molar refractivity (Wildman–Crippen MR) is 133 cm³/mol. The van der Waals surface area contributed by atoms with Crippen molar-refractivity contribution >= 4 is 23.4 Å². The van der Waals surface area contributed by atoms with E-state index in [9.17, 15) is 14.4 Å². The zero-order valence-electron chi connectivity index (χ0n) is 20.5. The summed E-state index contributed by atoms with van der Waals surface area (Å²) in [7, 11) is 4.94. The molecule has 0 bridgehead atoms. The van der Waals surface area contributed by atoms with Gasteiger partial charge in [0.2, 0.25) is 5.91 Å². The van der Waals surface area contributed by atoms with Crippen molar-refractivity contribution in [3.05, 3.63) is 77.1 Å². The second-order valence-corrected chi connectivity index (χ2v) is 8.82. The molecule has 1 atom stereocenters. The van der Waals surface area contributed by atoms with Crippen LogP contribution in [0.2, 0.25) is 0 Å². The van der Waals surface area contributed by atoms with E-state index in [0.29, 0.717) is 53.4 Å². The number of para-hydroxylation sites is 1. The average Bonchev–Trinajstić information content (AvgIpc) is 3.44. The summed E-state index contributed by atoms with van der Waals surface area (Å²) >= 11 is 0. The maximum Gasteiger partial charge on any atom is 0.264 e. The number of methoxy groups -OCH3 is 2. The van der Waals surface area contributed by atoms with Gasteiger partial charge in [0.25, 0.3) is 11.8 Å². The van der Waals surface area contributed by atoms with E-state index in [2.05, 4.69) is 5.32 Å². The van der Waals surface area contributed by atoms with Crippen LogP contribution in [0.15, 0.2) is 54.7 Å². The molecule has 3 heterocycles. The Bertz CT molecular complexity index is 1350. The van der Waals surface area contributed by atoms with Crippen molar-refractivity contribution < 1.29 is 23.9 Å². The Morgan fingerprint density at radius 2 is 1.81 bits per heavy atom. The molecule has 0 saturated heterocycles. The molecule has 0 spiro atoms. The van der Waals surface area contributed by atoms with E-state index >= 15 is 0 Å². The first kappa shape index (κ1) is 23.5.